The lowest BCUT2D eigenvalue weighted by Gasteiger charge is -2.24. The molecule has 0 fully saturated rings. The predicted octanol–water partition coefficient (Wildman–Crippen LogP) is 4.72. The average molecular weight is 553 g/mol. The molecule has 210 valence electrons. The lowest BCUT2D eigenvalue weighted by Crippen LogP contribution is -2.51. The van der Waals surface area contributed by atoms with E-state index >= 15 is 0 Å². The van der Waals surface area contributed by atoms with Gasteiger partial charge in [-0.1, -0.05) is 78.9 Å². The zero-order valence-corrected chi connectivity index (χ0v) is 21.8. The van der Waals surface area contributed by atoms with Crippen molar-refractivity contribution in [3.8, 4) is 11.1 Å². The van der Waals surface area contributed by atoms with Crippen molar-refractivity contribution in [3.63, 3.8) is 0 Å². The van der Waals surface area contributed by atoms with E-state index < -0.39 is 49.0 Å². The van der Waals surface area contributed by atoms with Crippen LogP contribution in [0.2, 0.25) is 0 Å². The van der Waals surface area contributed by atoms with Gasteiger partial charge in [0.2, 0.25) is 5.91 Å². The van der Waals surface area contributed by atoms with E-state index in [4.69, 9.17) is 9.47 Å². The molecule has 0 heterocycles. The fourth-order valence-corrected chi connectivity index (χ4v) is 4.70. The molecule has 10 heteroatoms. The van der Waals surface area contributed by atoms with Crippen molar-refractivity contribution in [3.05, 3.63) is 95.6 Å². The molecule has 3 atom stereocenters. The number of alkyl halides is 2. The number of alkyl carbamates (subject to hydrolysis) is 1. The Hall–Kier alpha value is -4.31. The normalized spacial score (nSPS) is 14.5. The molecule has 0 saturated heterocycles. The minimum absolute atomic E-state index is 0.0840. The molecule has 0 saturated carbocycles. The fraction of sp³-hybridized carbons (Fsp3) is 0.300. The summed E-state index contributed by atoms with van der Waals surface area (Å²) < 4.78 is 38.3. The van der Waals surface area contributed by atoms with E-state index in [-0.39, 0.29) is 19.1 Å². The van der Waals surface area contributed by atoms with Gasteiger partial charge in [0.05, 0.1) is 19.1 Å². The number of benzene rings is 3. The summed E-state index contributed by atoms with van der Waals surface area (Å²) in [5, 5.41) is 13.8. The summed E-state index contributed by atoms with van der Waals surface area (Å²) in [5.41, 5.74) is 4.76. The van der Waals surface area contributed by atoms with Gasteiger partial charge in [-0.25, -0.2) is 18.4 Å². The summed E-state index contributed by atoms with van der Waals surface area (Å²) >= 11 is 0. The first-order valence-corrected chi connectivity index (χ1v) is 12.8. The molecule has 0 bridgehead atoms. The highest BCUT2D eigenvalue weighted by atomic mass is 19.3. The van der Waals surface area contributed by atoms with Crippen molar-refractivity contribution in [2.45, 2.75) is 50.5 Å². The van der Waals surface area contributed by atoms with Gasteiger partial charge in [0, 0.05) is 5.92 Å². The van der Waals surface area contributed by atoms with Crippen LogP contribution in [0.15, 0.2) is 78.9 Å². The molecule has 0 aliphatic heterocycles. The number of fused-ring (bicyclic) bond motifs is 3. The van der Waals surface area contributed by atoms with Gasteiger partial charge >= 0.3 is 12.1 Å². The van der Waals surface area contributed by atoms with Gasteiger partial charge in [-0.2, -0.15) is 0 Å². The number of carbonyl (C=O) groups excluding carboxylic acids is 2. The molecule has 1 aliphatic rings. The highest BCUT2D eigenvalue weighted by Gasteiger charge is 2.32. The number of carbonyl (C=O) groups is 3. The van der Waals surface area contributed by atoms with Crippen molar-refractivity contribution >= 4 is 18.0 Å². The van der Waals surface area contributed by atoms with Crippen LogP contribution in [-0.4, -0.2) is 54.3 Å². The van der Waals surface area contributed by atoms with Crippen LogP contribution in [0.25, 0.3) is 11.1 Å². The van der Waals surface area contributed by atoms with Gasteiger partial charge in [-0.15, -0.1) is 0 Å². The minimum atomic E-state index is -3.10. The number of hydrogen-bond donors (Lipinski definition) is 3. The summed E-state index contributed by atoms with van der Waals surface area (Å²) in [6.07, 6.45) is -6.01. The molecule has 0 radical (unpaired) electrons. The standard InChI is InChI=1S/C30H30F2N2O6/c1-18(39-16-19-9-3-2-4-10-19)27(29(36)37)34-26(35)15-25(28(31)32)33-30(38)40-17-24-22-13-7-5-11-20(22)21-12-6-8-14-23(21)24/h2-14,18,24-25,27-28H,15-17H2,1H3,(H,33,38)(H,34,35)(H,36,37)/t18-,25?,27+/m1/s1. The van der Waals surface area contributed by atoms with Crippen LogP contribution in [0, 0.1) is 0 Å². The SMILES string of the molecule is C[C@@H](OCc1ccccc1)[C@H](NC(=O)CC(NC(=O)OCC1c2ccccc2-c2ccccc21)C(F)F)C(=O)O. The first kappa shape index (κ1) is 28.7. The van der Waals surface area contributed by atoms with E-state index in [1.807, 2.05) is 59.9 Å². The number of amides is 2. The van der Waals surface area contributed by atoms with Crippen LogP contribution < -0.4 is 10.6 Å². The Morgan fingerprint density at radius 2 is 1.45 bits per heavy atom. The van der Waals surface area contributed by atoms with Gasteiger partial charge in [-0.3, -0.25) is 4.79 Å². The molecule has 3 aromatic carbocycles. The van der Waals surface area contributed by atoms with Crippen molar-refractivity contribution in [2.24, 2.45) is 0 Å². The second kappa shape index (κ2) is 13.2. The topological polar surface area (TPSA) is 114 Å². The first-order chi connectivity index (χ1) is 19.2. The Balaban J connectivity index is 1.31. The largest absolute Gasteiger partial charge is 0.480 e. The smallest absolute Gasteiger partial charge is 0.407 e. The minimum Gasteiger partial charge on any atom is -0.480 e. The Morgan fingerprint density at radius 1 is 0.875 bits per heavy atom. The number of carboxylic acids is 1. The summed E-state index contributed by atoms with van der Waals surface area (Å²) in [7, 11) is 0. The van der Waals surface area contributed by atoms with E-state index in [1.165, 1.54) is 6.92 Å². The van der Waals surface area contributed by atoms with Gasteiger partial charge < -0.3 is 25.2 Å². The molecule has 8 nitrogen and oxygen atoms in total. The third kappa shape index (κ3) is 7.01. The van der Waals surface area contributed by atoms with E-state index in [2.05, 4.69) is 5.32 Å². The van der Waals surface area contributed by atoms with Crippen LogP contribution in [0.1, 0.15) is 36.0 Å². The zero-order chi connectivity index (χ0) is 28.6. The molecule has 0 aromatic heterocycles. The molecule has 2 amide bonds. The monoisotopic (exact) mass is 552 g/mol. The number of aliphatic carboxylic acids is 1. The molecular weight excluding hydrogens is 522 g/mol. The summed E-state index contributed by atoms with van der Waals surface area (Å²) in [4.78, 5) is 36.7. The van der Waals surface area contributed by atoms with Crippen LogP contribution in [0.5, 0.6) is 0 Å². The predicted molar refractivity (Wildman–Crippen MR) is 143 cm³/mol. The molecular formula is C30H30F2N2O6. The van der Waals surface area contributed by atoms with E-state index in [0.29, 0.717) is 0 Å². The third-order valence-corrected chi connectivity index (χ3v) is 6.76. The van der Waals surface area contributed by atoms with Crippen molar-refractivity contribution in [1.29, 1.82) is 0 Å². The van der Waals surface area contributed by atoms with E-state index in [1.54, 1.807) is 24.3 Å². The average Bonchev–Trinajstić information content (AvgIpc) is 3.27. The highest BCUT2D eigenvalue weighted by molar-refractivity contribution is 5.84. The van der Waals surface area contributed by atoms with Crippen molar-refractivity contribution < 1.29 is 37.7 Å². The zero-order valence-electron chi connectivity index (χ0n) is 21.8. The van der Waals surface area contributed by atoms with Crippen LogP contribution >= 0.6 is 0 Å². The Bertz CT molecular complexity index is 1290. The number of halogens is 2. The van der Waals surface area contributed by atoms with Gasteiger partial charge in [-0.05, 0) is 34.7 Å². The van der Waals surface area contributed by atoms with Crippen LogP contribution in [0.4, 0.5) is 13.6 Å². The van der Waals surface area contributed by atoms with Crippen LogP contribution in [-0.2, 0) is 25.7 Å². The molecule has 40 heavy (non-hydrogen) atoms. The number of carboxylic acid groups (broad SMARTS) is 1. The molecule has 3 N–H and O–H groups in total. The van der Waals surface area contributed by atoms with Crippen molar-refractivity contribution in [1.82, 2.24) is 10.6 Å². The molecule has 0 spiro atoms. The fourth-order valence-electron chi connectivity index (χ4n) is 4.70. The Kier molecular flexibility index (Phi) is 9.44. The number of rotatable bonds is 12. The van der Waals surface area contributed by atoms with E-state index in [9.17, 15) is 28.3 Å². The van der Waals surface area contributed by atoms with E-state index in [0.717, 1.165) is 27.8 Å². The molecule has 4 rings (SSSR count). The number of hydrogen-bond acceptors (Lipinski definition) is 5. The second-order valence-corrected chi connectivity index (χ2v) is 9.50. The maximum Gasteiger partial charge on any atom is 0.407 e. The number of ether oxygens (including phenoxy) is 2. The quantitative estimate of drug-likeness (QED) is 0.300. The first-order valence-electron chi connectivity index (χ1n) is 12.8. The molecule has 3 aromatic rings. The molecule has 1 unspecified atom stereocenters. The maximum atomic E-state index is 13.7. The third-order valence-electron chi connectivity index (χ3n) is 6.76. The van der Waals surface area contributed by atoms with Gasteiger partial charge in [0.15, 0.2) is 6.04 Å². The Labute approximate surface area is 230 Å². The van der Waals surface area contributed by atoms with Crippen molar-refractivity contribution in [2.75, 3.05) is 6.61 Å². The Morgan fingerprint density at radius 3 is 2.02 bits per heavy atom. The summed E-state index contributed by atoms with van der Waals surface area (Å²) in [5.74, 6) is -2.63. The summed E-state index contributed by atoms with van der Waals surface area (Å²) in [6, 6.07) is 21.0. The lowest BCUT2D eigenvalue weighted by atomic mass is 9.98. The maximum absolute atomic E-state index is 13.7. The number of nitrogens with one attached hydrogen (secondary N) is 2. The molecule has 1 aliphatic carbocycles. The second-order valence-electron chi connectivity index (χ2n) is 9.50. The lowest BCUT2D eigenvalue weighted by molar-refractivity contribution is -0.146. The van der Waals surface area contributed by atoms with Crippen LogP contribution in [0.3, 0.4) is 0 Å². The van der Waals surface area contributed by atoms with Gasteiger partial charge in [0.1, 0.15) is 12.6 Å². The highest BCUT2D eigenvalue weighted by Crippen LogP contribution is 2.44. The van der Waals surface area contributed by atoms with Gasteiger partial charge in [0.25, 0.3) is 6.43 Å². The summed E-state index contributed by atoms with van der Waals surface area (Å²) in [6.45, 7) is 1.48.